The second kappa shape index (κ2) is 5.33. The lowest BCUT2D eigenvalue weighted by molar-refractivity contribution is 0.0480. The number of ether oxygens (including phenoxy) is 1. The topological polar surface area (TPSA) is 29.5 Å². The van der Waals surface area contributed by atoms with Gasteiger partial charge in [-0.25, -0.2) is 0 Å². The van der Waals surface area contributed by atoms with Crippen LogP contribution in [0.2, 0.25) is 0 Å². The Morgan fingerprint density at radius 2 is 2.11 bits per heavy atom. The first-order valence-corrected chi connectivity index (χ1v) is 7.20. The summed E-state index contributed by atoms with van der Waals surface area (Å²) in [6.07, 6.45) is 3.86. The molecular formula is C16H21NO2. The van der Waals surface area contributed by atoms with E-state index in [1.54, 1.807) is 0 Å². The molecule has 1 aromatic carbocycles. The Balaban J connectivity index is 1.57. The van der Waals surface area contributed by atoms with E-state index in [0.29, 0.717) is 0 Å². The number of aryl methyl sites for hydroxylation is 1. The molecule has 19 heavy (non-hydrogen) atoms. The zero-order chi connectivity index (χ0) is 13.2. The van der Waals surface area contributed by atoms with Crippen molar-refractivity contribution in [2.24, 2.45) is 5.92 Å². The van der Waals surface area contributed by atoms with Crippen molar-refractivity contribution < 1.29 is 9.53 Å². The molecule has 3 nitrogen and oxygen atoms in total. The smallest absolute Gasteiger partial charge is 0.254 e. The van der Waals surface area contributed by atoms with Crippen LogP contribution in [0.15, 0.2) is 24.3 Å². The minimum Gasteiger partial charge on any atom is -0.376 e. The molecule has 102 valence electrons. The Bertz CT molecular complexity index is 468. The summed E-state index contributed by atoms with van der Waals surface area (Å²) >= 11 is 0. The second-order valence-electron chi connectivity index (χ2n) is 5.75. The summed E-state index contributed by atoms with van der Waals surface area (Å²) in [6.45, 7) is 4.45. The SMILES string of the molecule is Cc1ccccc1C(=O)N1CCC(OCC2CC2)C1. The van der Waals surface area contributed by atoms with Gasteiger partial charge in [0.15, 0.2) is 0 Å². The zero-order valence-electron chi connectivity index (χ0n) is 11.5. The quantitative estimate of drug-likeness (QED) is 0.832. The highest BCUT2D eigenvalue weighted by Crippen LogP contribution is 2.30. The molecule has 1 heterocycles. The van der Waals surface area contributed by atoms with E-state index in [0.717, 1.165) is 43.2 Å². The third kappa shape index (κ3) is 2.98. The van der Waals surface area contributed by atoms with Gasteiger partial charge in [-0.1, -0.05) is 18.2 Å². The van der Waals surface area contributed by atoms with Gasteiger partial charge in [-0.2, -0.15) is 0 Å². The number of amides is 1. The van der Waals surface area contributed by atoms with Crippen LogP contribution < -0.4 is 0 Å². The van der Waals surface area contributed by atoms with Crippen LogP contribution in [0.25, 0.3) is 0 Å². The first-order chi connectivity index (χ1) is 9.24. The summed E-state index contributed by atoms with van der Waals surface area (Å²) < 4.78 is 5.88. The second-order valence-corrected chi connectivity index (χ2v) is 5.75. The maximum atomic E-state index is 12.4. The monoisotopic (exact) mass is 259 g/mol. The predicted octanol–water partition coefficient (Wildman–Crippen LogP) is 2.64. The van der Waals surface area contributed by atoms with Crippen LogP contribution in [-0.2, 0) is 4.74 Å². The fraction of sp³-hybridized carbons (Fsp3) is 0.562. The molecule has 0 aromatic heterocycles. The molecule has 1 amide bonds. The number of benzene rings is 1. The van der Waals surface area contributed by atoms with Gasteiger partial charge in [0.1, 0.15) is 0 Å². The minimum absolute atomic E-state index is 0.149. The minimum atomic E-state index is 0.149. The third-order valence-electron chi connectivity index (χ3n) is 4.07. The lowest BCUT2D eigenvalue weighted by atomic mass is 10.1. The summed E-state index contributed by atoms with van der Waals surface area (Å²) in [5.41, 5.74) is 1.88. The molecule has 2 fully saturated rings. The number of rotatable bonds is 4. The lowest BCUT2D eigenvalue weighted by Gasteiger charge is -2.18. The Kier molecular flexibility index (Phi) is 3.56. The van der Waals surface area contributed by atoms with E-state index in [2.05, 4.69) is 0 Å². The zero-order valence-corrected chi connectivity index (χ0v) is 11.5. The van der Waals surface area contributed by atoms with Crippen LogP contribution in [-0.4, -0.2) is 36.6 Å². The molecule has 1 atom stereocenters. The molecule has 1 saturated carbocycles. The van der Waals surface area contributed by atoms with E-state index >= 15 is 0 Å². The molecule has 2 aliphatic rings. The summed E-state index contributed by atoms with van der Waals surface area (Å²) in [5.74, 6) is 0.941. The van der Waals surface area contributed by atoms with Gasteiger partial charge in [0, 0.05) is 25.3 Å². The number of carbonyl (C=O) groups excluding carboxylic acids is 1. The van der Waals surface area contributed by atoms with E-state index in [1.807, 2.05) is 36.1 Å². The highest BCUT2D eigenvalue weighted by molar-refractivity contribution is 5.95. The maximum absolute atomic E-state index is 12.4. The van der Waals surface area contributed by atoms with Crippen LogP contribution >= 0.6 is 0 Å². The Morgan fingerprint density at radius 3 is 2.84 bits per heavy atom. The highest BCUT2D eigenvalue weighted by Gasteiger charge is 2.30. The molecule has 3 rings (SSSR count). The summed E-state index contributed by atoms with van der Waals surface area (Å²) in [7, 11) is 0. The molecule has 1 aliphatic carbocycles. The number of likely N-dealkylation sites (tertiary alicyclic amines) is 1. The molecule has 1 aromatic rings. The van der Waals surface area contributed by atoms with Crippen LogP contribution in [0.3, 0.4) is 0 Å². The average molecular weight is 259 g/mol. The first-order valence-electron chi connectivity index (χ1n) is 7.20. The normalized spacial score (nSPS) is 22.8. The van der Waals surface area contributed by atoms with Crippen LogP contribution in [0.5, 0.6) is 0 Å². The van der Waals surface area contributed by atoms with Gasteiger partial charge in [-0.3, -0.25) is 4.79 Å². The van der Waals surface area contributed by atoms with E-state index in [9.17, 15) is 4.79 Å². The molecular weight excluding hydrogens is 238 g/mol. The van der Waals surface area contributed by atoms with Crippen molar-refractivity contribution in [1.82, 2.24) is 4.90 Å². The highest BCUT2D eigenvalue weighted by atomic mass is 16.5. The molecule has 3 heteroatoms. The van der Waals surface area contributed by atoms with E-state index in [1.165, 1.54) is 12.8 Å². The lowest BCUT2D eigenvalue weighted by Crippen LogP contribution is -2.30. The van der Waals surface area contributed by atoms with E-state index in [-0.39, 0.29) is 12.0 Å². The number of nitrogens with zero attached hydrogens (tertiary/aromatic N) is 1. The fourth-order valence-electron chi connectivity index (χ4n) is 2.59. The van der Waals surface area contributed by atoms with Gasteiger partial charge in [0.25, 0.3) is 5.91 Å². The molecule has 0 radical (unpaired) electrons. The van der Waals surface area contributed by atoms with Crippen molar-refractivity contribution in [2.45, 2.75) is 32.3 Å². The van der Waals surface area contributed by atoms with E-state index < -0.39 is 0 Å². The molecule has 0 N–H and O–H groups in total. The fourth-order valence-corrected chi connectivity index (χ4v) is 2.59. The first kappa shape index (κ1) is 12.7. The molecule has 0 spiro atoms. The summed E-state index contributed by atoms with van der Waals surface area (Å²) in [5, 5.41) is 0. The Hall–Kier alpha value is -1.35. The molecule has 0 bridgehead atoms. The van der Waals surface area contributed by atoms with Crippen molar-refractivity contribution in [3.05, 3.63) is 35.4 Å². The van der Waals surface area contributed by atoms with Gasteiger partial charge >= 0.3 is 0 Å². The number of hydrogen-bond acceptors (Lipinski definition) is 2. The molecule has 1 aliphatic heterocycles. The summed E-state index contributed by atoms with van der Waals surface area (Å²) in [4.78, 5) is 14.4. The number of carbonyl (C=O) groups is 1. The van der Waals surface area contributed by atoms with Gasteiger partial charge < -0.3 is 9.64 Å². The average Bonchev–Trinajstić information content (AvgIpc) is 3.13. The Morgan fingerprint density at radius 1 is 1.32 bits per heavy atom. The number of hydrogen-bond donors (Lipinski definition) is 0. The van der Waals surface area contributed by atoms with Gasteiger partial charge in [0.05, 0.1) is 6.10 Å². The standard InChI is InChI=1S/C16H21NO2/c1-12-4-2-3-5-15(12)16(18)17-9-8-14(10-17)19-11-13-6-7-13/h2-5,13-14H,6-11H2,1H3. The van der Waals surface area contributed by atoms with Crippen LogP contribution in [0.1, 0.15) is 35.2 Å². The summed E-state index contributed by atoms with van der Waals surface area (Å²) in [6, 6.07) is 7.80. The maximum Gasteiger partial charge on any atom is 0.254 e. The Labute approximate surface area is 114 Å². The predicted molar refractivity (Wildman–Crippen MR) is 74.2 cm³/mol. The van der Waals surface area contributed by atoms with Crippen molar-refractivity contribution in [3.63, 3.8) is 0 Å². The molecule has 1 unspecified atom stereocenters. The van der Waals surface area contributed by atoms with Crippen LogP contribution in [0.4, 0.5) is 0 Å². The van der Waals surface area contributed by atoms with Crippen molar-refractivity contribution >= 4 is 5.91 Å². The van der Waals surface area contributed by atoms with E-state index in [4.69, 9.17) is 4.74 Å². The van der Waals surface area contributed by atoms with Gasteiger partial charge in [-0.15, -0.1) is 0 Å². The van der Waals surface area contributed by atoms with Crippen LogP contribution in [0, 0.1) is 12.8 Å². The van der Waals surface area contributed by atoms with Gasteiger partial charge in [-0.05, 0) is 43.7 Å². The van der Waals surface area contributed by atoms with Crippen molar-refractivity contribution in [3.8, 4) is 0 Å². The largest absolute Gasteiger partial charge is 0.376 e. The molecule has 1 saturated heterocycles. The van der Waals surface area contributed by atoms with Crippen molar-refractivity contribution in [1.29, 1.82) is 0 Å². The van der Waals surface area contributed by atoms with Crippen molar-refractivity contribution in [2.75, 3.05) is 19.7 Å². The van der Waals surface area contributed by atoms with Gasteiger partial charge in [0.2, 0.25) is 0 Å². The third-order valence-corrected chi connectivity index (χ3v) is 4.07.